The summed E-state index contributed by atoms with van der Waals surface area (Å²) in [5.74, 6) is -0.177. The van der Waals surface area contributed by atoms with E-state index in [9.17, 15) is 4.79 Å². The van der Waals surface area contributed by atoms with Crippen LogP contribution in [0.3, 0.4) is 0 Å². The SMILES string of the molecule is CC(=O)O[C@H]1CCC2(C)OC2C1. The molecule has 0 bridgehead atoms. The minimum atomic E-state index is -0.177. The summed E-state index contributed by atoms with van der Waals surface area (Å²) in [7, 11) is 0. The fraction of sp³-hybridized carbons (Fsp3) is 0.889. The van der Waals surface area contributed by atoms with Gasteiger partial charge in [-0.3, -0.25) is 4.79 Å². The van der Waals surface area contributed by atoms with Crippen molar-refractivity contribution in [1.29, 1.82) is 0 Å². The van der Waals surface area contributed by atoms with Gasteiger partial charge in [0.2, 0.25) is 0 Å². The van der Waals surface area contributed by atoms with Crippen molar-refractivity contribution in [3.05, 3.63) is 0 Å². The maximum Gasteiger partial charge on any atom is 0.302 e. The van der Waals surface area contributed by atoms with Crippen molar-refractivity contribution in [2.75, 3.05) is 0 Å². The Balaban J connectivity index is 1.85. The van der Waals surface area contributed by atoms with Crippen LogP contribution in [-0.4, -0.2) is 23.8 Å². The zero-order valence-electron chi connectivity index (χ0n) is 7.50. The number of fused-ring (bicyclic) bond motifs is 1. The van der Waals surface area contributed by atoms with Gasteiger partial charge in [0, 0.05) is 13.3 Å². The van der Waals surface area contributed by atoms with Gasteiger partial charge in [-0.25, -0.2) is 0 Å². The maximum atomic E-state index is 10.6. The molecule has 2 rings (SSSR count). The van der Waals surface area contributed by atoms with Gasteiger partial charge in [0.15, 0.2) is 0 Å². The predicted molar refractivity (Wildman–Crippen MR) is 42.7 cm³/mol. The van der Waals surface area contributed by atoms with E-state index in [2.05, 4.69) is 6.92 Å². The van der Waals surface area contributed by atoms with Crippen molar-refractivity contribution in [3.63, 3.8) is 0 Å². The highest BCUT2D eigenvalue weighted by Gasteiger charge is 2.55. The van der Waals surface area contributed by atoms with Gasteiger partial charge in [0.25, 0.3) is 0 Å². The first-order valence-corrected chi connectivity index (χ1v) is 4.45. The fourth-order valence-corrected chi connectivity index (χ4v) is 1.95. The van der Waals surface area contributed by atoms with Gasteiger partial charge >= 0.3 is 5.97 Å². The molecule has 12 heavy (non-hydrogen) atoms. The van der Waals surface area contributed by atoms with Crippen LogP contribution in [0.4, 0.5) is 0 Å². The second-order valence-corrected chi connectivity index (χ2v) is 3.92. The number of rotatable bonds is 1. The van der Waals surface area contributed by atoms with E-state index in [1.165, 1.54) is 6.92 Å². The molecule has 68 valence electrons. The Morgan fingerprint density at radius 3 is 3.00 bits per heavy atom. The van der Waals surface area contributed by atoms with Gasteiger partial charge < -0.3 is 9.47 Å². The highest BCUT2D eigenvalue weighted by molar-refractivity contribution is 5.66. The maximum absolute atomic E-state index is 10.6. The van der Waals surface area contributed by atoms with Gasteiger partial charge in [-0.15, -0.1) is 0 Å². The van der Waals surface area contributed by atoms with E-state index in [-0.39, 0.29) is 17.7 Å². The monoisotopic (exact) mass is 170 g/mol. The zero-order valence-corrected chi connectivity index (χ0v) is 7.50. The molecule has 1 aliphatic heterocycles. The lowest BCUT2D eigenvalue weighted by molar-refractivity contribution is -0.147. The Bertz CT molecular complexity index is 214. The lowest BCUT2D eigenvalue weighted by Gasteiger charge is -2.21. The highest BCUT2D eigenvalue weighted by Crippen LogP contribution is 2.47. The molecule has 1 heterocycles. The summed E-state index contributed by atoms with van der Waals surface area (Å²) in [5.41, 5.74) is 0.122. The first-order valence-electron chi connectivity index (χ1n) is 4.45. The van der Waals surface area contributed by atoms with Crippen LogP contribution in [0, 0.1) is 0 Å². The molecule has 2 aliphatic rings. The van der Waals surface area contributed by atoms with E-state index < -0.39 is 0 Å². The first kappa shape index (κ1) is 8.05. The van der Waals surface area contributed by atoms with Crippen LogP contribution < -0.4 is 0 Å². The first-order chi connectivity index (χ1) is 5.60. The number of epoxide rings is 1. The Morgan fingerprint density at radius 1 is 1.67 bits per heavy atom. The van der Waals surface area contributed by atoms with E-state index in [0.29, 0.717) is 6.10 Å². The van der Waals surface area contributed by atoms with Crippen LogP contribution >= 0.6 is 0 Å². The van der Waals surface area contributed by atoms with Crippen molar-refractivity contribution >= 4 is 5.97 Å². The predicted octanol–water partition coefficient (Wildman–Crippen LogP) is 1.26. The molecule has 3 heteroatoms. The van der Waals surface area contributed by atoms with Crippen LogP contribution in [-0.2, 0) is 14.3 Å². The Hall–Kier alpha value is -0.570. The molecule has 1 aliphatic carbocycles. The van der Waals surface area contributed by atoms with Gasteiger partial charge in [-0.05, 0) is 19.8 Å². The topological polar surface area (TPSA) is 38.8 Å². The molecule has 0 spiro atoms. The van der Waals surface area contributed by atoms with Crippen LogP contribution in [0.15, 0.2) is 0 Å². The standard InChI is InChI=1S/C9H14O3/c1-6(10)11-7-3-4-9(2)8(5-7)12-9/h7-8H,3-5H2,1-2H3/t7-,8?,9?/m0/s1. The lowest BCUT2D eigenvalue weighted by atomic mass is 9.89. The third kappa shape index (κ3) is 1.33. The number of esters is 1. The molecular formula is C9H14O3. The van der Waals surface area contributed by atoms with E-state index in [0.717, 1.165) is 19.3 Å². The summed E-state index contributed by atoms with van der Waals surface area (Å²) in [6, 6.07) is 0. The average molecular weight is 170 g/mol. The molecule has 3 nitrogen and oxygen atoms in total. The summed E-state index contributed by atoms with van der Waals surface area (Å²) in [4.78, 5) is 10.6. The van der Waals surface area contributed by atoms with E-state index in [1.54, 1.807) is 0 Å². The molecule has 0 aromatic heterocycles. The van der Waals surface area contributed by atoms with Gasteiger partial charge in [0.05, 0.1) is 11.7 Å². The molecule has 0 aromatic rings. The van der Waals surface area contributed by atoms with E-state index >= 15 is 0 Å². The minimum absolute atomic E-state index is 0.100. The molecule has 2 unspecified atom stereocenters. The molecule has 0 N–H and O–H groups in total. The van der Waals surface area contributed by atoms with Gasteiger partial charge in [0.1, 0.15) is 6.10 Å². The third-order valence-corrected chi connectivity index (χ3v) is 2.81. The molecule has 0 aromatic carbocycles. The van der Waals surface area contributed by atoms with E-state index in [4.69, 9.17) is 9.47 Å². The summed E-state index contributed by atoms with van der Waals surface area (Å²) in [5, 5.41) is 0. The Labute approximate surface area is 72.0 Å². The number of carbonyl (C=O) groups excluding carboxylic acids is 1. The summed E-state index contributed by atoms with van der Waals surface area (Å²) >= 11 is 0. The molecule has 1 saturated heterocycles. The largest absolute Gasteiger partial charge is 0.462 e. The zero-order chi connectivity index (χ0) is 8.77. The van der Waals surface area contributed by atoms with Crippen LogP contribution in [0.2, 0.25) is 0 Å². The molecular weight excluding hydrogens is 156 g/mol. The van der Waals surface area contributed by atoms with Crippen molar-refractivity contribution in [1.82, 2.24) is 0 Å². The Kier molecular flexibility index (Phi) is 1.65. The van der Waals surface area contributed by atoms with E-state index in [1.807, 2.05) is 0 Å². The quantitative estimate of drug-likeness (QED) is 0.439. The van der Waals surface area contributed by atoms with Crippen LogP contribution in [0.5, 0.6) is 0 Å². The number of carbonyl (C=O) groups is 1. The van der Waals surface area contributed by atoms with Crippen molar-refractivity contribution in [2.24, 2.45) is 0 Å². The number of hydrogen-bond donors (Lipinski definition) is 0. The normalized spacial score (nSPS) is 44.8. The lowest BCUT2D eigenvalue weighted by Crippen LogP contribution is -2.28. The van der Waals surface area contributed by atoms with Crippen molar-refractivity contribution < 1.29 is 14.3 Å². The van der Waals surface area contributed by atoms with Gasteiger partial charge in [-0.2, -0.15) is 0 Å². The fourth-order valence-electron chi connectivity index (χ4n) is 1.95. The number of hydrogen-bond acceptors (Lipinski definition) is 3. The van der Waals surface area contributed by atoms with Gasteiger partial charge in [-0.1, -0.05) is 0 Å². The molecule has 3 atom stereocenters. The summed E-state index contributed by atoms with van der Waals surface area (Å²) in [6.07, 6.45) is 3.30. The second kappa shape index (κ2) is 2.46. The second-order valence-electron chi connectivity index (χ2n) is 3.92. The third-order valence-electron chi connectivity index (χ3n) is 2.81. The Morgan fingerprint density at radius 2 is 2.42 bits per heavy atom. The minimum Gasteiger partial charge on any atom is -0.462 e. The molecule has 0 amide bonds. The van der Waals surface area contributed by atoms with Crippen LogP contribution in [0.1, 0.15) is 33.1 Å². The summed E-state index contributed by atoms with van der Waals surface area (Å²) < 4.78 is 10.6. The molecule has 1 saturated carbocycles. The smallest absolute Gasteiger partial charge is 0.302 e. The summed E-state index contributed by atoms with van der Waals surface area (Å²) in [6.45, 7) is 3.59. The molecule has 0 radical (unpaired) electrons. The van der Waals surface area contributed by atoms with Crippen molar-refractivity contribution in [2.45, 2.75) is 50.9 Å². The van der Waals surface area contributed by atoms with Crippen molar-refractivity contribution in [3.8, 4) is 0 Å². The van der Waals surface area contributed by atoms with Crippen LogP contribution in [0.25, 0.3) is 0 Å². The average Bonchev–Trinajstić information content (AvgIpc) is 2.59. The molecule has 2 fully saturated rings. The highest BCUT2D eigenvalue weighted by atomic mass is 16.6. The number of ether oxygens (including phenoxy) is 2.